The van der Waals surface area contributed by atoms with Gasteiger partial charge in [-0.25, -0.2) is 4.68 Å². The van der Waals surface area contributed by atoms with Crippen molar-refractivity contribution in [1.29, 1.82) is 0 Å². The number of tetrazole rings is 1. The molecule has 0 atom stereocenters. The van der Waals surface area contributed by atoms with Gasteiger partial charge in [0.25, 0.3) is 0 Å². The number of anilines is 1. The molecule has 6 nitrogen and oxygen atoms in total. The highest BCUT2D eigenvalue weighted by atomic mass is 15.6. The minimum absolute atomic E-state index is 0.668. The molecule has 2 aromatic heterocycles. The van der Waals surface area contributed by atoms with Crippen molar-refractivity contribution in [2.24, 2.45) is 7.05 Å². The third kappa shape index (κ3) is 2.23. The smallest absolute Gasteiger partial charge is 0.242 e. The number of rotatable bonds is 4. The molecule has 23 heavy (non-hydrogen) atoms. The standard InChI is InChI=1S/C17H18N6/c1-3-23-15-7-5-4-6-13(15)14-10-12(8-9-16(14)23)11-18-17-19-20-21-22(17)2/h4-10H,3,11H2,1-2H3,(H,18,19,21). The van der Waals surface area contributed by atoms with Gasteiger partial charge in [0.15, 0.2) is 0 Å². The third-order valence-corrected chi connectivity index (χ3v) is 4.22. The summed E-state index contributed by atoms with van der Waals surface area (Å²) in [7, 11) is 1.82. The summed E-state index contributed by atoms with van der Waals surface area (Å²) < 4.78 is 3.98. The number of nitrogens with zero attached hydrogens (tertiary/aromatic N) is 5. The molecule has 0 spiro atoms. The van der Waals surface area contributed by atoms with Gasteiger partial charge in [0.1, 0.15) is 0 Å². The number of para-hydroxylation sites is 1. The molecule has 0 aliphatic heterocycles. The normalized spacial score (nSPS) is 11.4. The van der Waals surface area contributed by atoms with Gasteiger partial charge in [-0.05, 0) is 41.1 Å². The van der Waals surface area contributed by atoms with Crippen LogP contribution in [0.3, 0.4) is 0 Å². The van der Waals surface area contributed by atoms with Crippen LogP contribution in [0.2, 0.25) is 0 Å². The number of aryl methyl sites for hydroxylation is 2. The lowest BCUT2D eigenvalue weighted by Crippen LogP contribution is -2.05. The second-order valence-electron chi connectivity index (χ2n) is 5.59. The van der Waals surface area contributed by atoms with Crippen LogP contribution < -0.4 is 5.32 Å². The molecule has 6 heteroatoms. The van der Waals surface area contributed by atoms with E-state index in [1.165, 1.54) is 27.4 Å². The van der Waals surface area contributed by atoms with Gasteiger partial charge in [0.2, 0.25) is 5.95 Å². The predicted molar refractivity (Wildman–Crippen MR) is 91.2 cm³/mol. The van der Waals surface area contributed by atoms with E-state index in [4.69, 9.17) is 0 Å². The molecule has 0 radical (unpaired) electrons. The fraction of sp³-hybridized carbons (Fsp3) is 0.235. The molecule has 116 valence electrons. The Morgan fingerprint density at radius 1 is 1.04 bits per heavy atom. The van der Waals surface area contributed by atoms with Crippen LogP contribution in [0.15, 0.2) is 42.5 Å². The van der Waals surface area contributed by atoms with E-state index in [0.717, 1.165) is 6.54 Å². The summed E-state index contributed by atoms with van der Waals surface area (Å²) in [4.78, 5) is 0. The van der Waals surface area contributed by atoms with E-state index in [2.05, 4.69) is 74.8 Å². The average molecular weight is 306 g/mol. The van der Waals surface area contributed by atoms with Gasteiger partial charge in [-0.2, -0.15) is 0 Å². The van der Waals surface area contributed by atoms with Crippen LogP contribution in [0.25, 0.3) is 21.8 Å². The number of aromatic nitrogens is 5. The first-order chi connectivity index (χ1) is 11.3. The van der Waals surface area contributed by atoms with E-state index in [9.17, 15) is 0 Å². The summed E-state index contributed by atoms with van der Waals surface area (Å²) in [5, 5.41) is 17.3. The van der Waals surface area contributed by atoms with Crippen LogP contribution in [-0.4, -0.2) is 24.8 Å². The largest absolute Gasteiger partial charge is 0.349 e. The molecule has 0 saturated carbocycles. The lowest BCUT2D eigenvalue weighted by molar-refractivity contribution is 0.712. The zero-order chi connectivity index (χ0) is 15.8. The predicted octanol–water partition coefficient (Wildman–Crippen LogP) is 2.95. The second kappa shape index (κ2) is 5.39. The first-order valence-corrected chi connectivity index (χ1v) is 7.74. The highest BCUT2D eigenvalue weighted by Gasteiger charge is 2.10. The lowest BCUT2D eigenvalue weighted by atomic mass is 10.1. The maximum absolute atomic E-state index is 3.95. The average Bonchev–Trinajstić information content (AvgIpc) is 3.13. The minimum atomic E-state index is 0.668. The molecule has 2 heterocycles. The Morgan fingerprint density at radius 3 is 2.65 bits per heavy atom. The van der Waals surface area contributed by atoms with E-state index < -0.39 is 0 Å². The zero-order valence-corrected chi connectivity index (χ0v) is 13.2. The summed E-state index contributed by atoms with van der Waals surface area (Å²) in [6, 6.07) is 15.2. The Morgan fingerprint density at radius 2 is 1.87 bits per heavy atom. The first-order valence-electron chi connectivity index (χ1n) is 7.74. The van der Waals surface area contributed by atoms with Gasteiger partial charge in [0.05, 0.1) is 0 Å². The summed E-state index contributed by atoms with van der Waals surface area (Å²) in [6.45, 7) is 3.84. The molecule has 0 fully saturated rings. The molecule has 2 aromatic carbocycles. The van der Waals surface area contributed by atoms with Crippen LogP contribution in [-0.2, 0) is 20.1 Å². The Labute approximate surface area is 133 Å². The highest BCUT2D eigenvalue weighted by molar-refractivity contribution is 6.08. The lowest BCUT2D eigenvalue weighted by Gasteiger charge is -2.06. The molecule has 0 amide bonds. The van der Waals surface area contributed by atoms with E-state index in [0.29, 0.717) is 12.5 Å². The molecule has 0 saturated heterocycles. The van der Waals surface area contributed by atoms with Crippen LogP contribution in [0, 0.1) is 0 Å². The Hall–Kier alpha value is -2.89. The van der Waals surface area contributed by atoms with E-state index in [-0.39, 0.29) is 0 Å². The molecular formula is C17H18N6. The SMILES string of the molecule is CCn1c2ccccc2c2cc(CNc3nnnn3C)ccc21. The summed E-state index contributed by atoms with van der Waals surface area (Å²) >= 11 is 0. The van der Waals surface area contributed by atoms with Crippen molar-refractivity contribution in [3.05, 3.63) is 48.0 Å². The number of hydrogen-bond donors (Lipinski definition) is 1. The Balaban J connectivity index is 1.75. The van der Waals surface area contributed by atoms with Crippen molar-refractivity contribution < 1.29 is 0 Å². The summed E-state index contributed by atoms with van der Waals surface area (Å²) in [6.07, 6.45) is 0. The number of benzene rings is 2. The molecule has 4 rings (SSSR count). The molecule has 0 bridgehead atoms. The molecule has 0 aliphatic rings. The van der Waals surface area contributed by atoms with E-state index >= 15 is 0 Å². The summed E-state index contributed by atoms with van der Waals surface area (Å²) in [5.74, 6) is 0.668. The minimum Gasteiger partial charge on any atom is -0.349 e. The van der Waals surface area contributed by atoms with Gasteiger partial charge >= 0.3 is 0 Å². The van der Waals surface area contributed by atoms with E-state index in [1.807, 2.05) is 7.05 Å². The van der Waals surface area contributed by atoms with Gasteiger partial charge in [-0.3, -0.25) is 0 Å². The maximum atomic E-state index is 3.95. The number of nitrogens with one attached hydrogen (secondary N) is 1. The van der Waals surface area contributed by atoms with E-state index in [1.54, 1.807) is 4.68 Å². The third-order valence-electron chi connectivity index (χ3n) is 4.22. The summed E-state index contributed by atoms with van der Waals surface area (Å²) in [5.41, 5.74) is 3.77. The maximum Gasteiger partial charge on any atom is 0.242 e. The van der Waals surface area contributed by atoms with Crippen molar-refractivity contribution in [2.75, 3.05) is 5.32 Å². The zero-order valence-electron chi connectivity index (χ0n) is 13.2. The molecule has 0 aliphatic carbocycles. The Bertz CT molecular complexity index is 981. The first kappa shape index (κ1) is 13.8. The number of fused-ring (bicyclic) bond motifs is 3. The van der Waals surface area contributed by atoms with Gasteiger partial charge in [0, 0.05) is 41.9 Å². The van der Waals surface area contributed by atoms with Gasteiger partial charge in [-0.1, -0.05) is 29.4 Å². The quantitative estimate of drug-likeness (QED) is 0.630. The molecule has 1 N–H and O–H groups in total. The molecule has 0 unspecified atom stereocenters. The van der Waals surface area contributed by atoms with Crippen molar-refractivity contribution in [3.63, 3.8) is 0 Å². The van der Waals surface area contributed by atoms with Crippen LogP contribution in [0.5, 0.6) is 0 Å². The molecular weight excluding hydrogens is 288 g/mol. The fourth-order valence-electron chi connectivity index (χ4n) is 3.11. The second-order valence-corrected chi connectivity index (χ2v) is 5.59. The molecule has 4 aromatic rings. The van der Waals surface area contributed by atoms with Crippen molar-refractivity contribution in [1.82, 2.24) is 24.8 Å². The monoisotopic (exact) mass is 306 g/mol. The Kier molecular flexibility index (Phi) is 3.22. The van der Waals surface area contributed by atoms with Gasteiger partial charge < -0.3 is 9.88 Å². The number of hydrogen-bond acceptors (Lipinski definition) is 4. The van der Waals surface area contributed by atoms with Crippen molar-refractivity contribution in [2.45, 2.75) is 20.0 Å². The highest BCUT2D eigenvalue weighted by Crippen LogP contribution is 2.29. The van der Waals surface area contributed by atoms with Crippen LogP contribution in [0.4, 0.5) is 5.95 Å². The van der Waals surface area contributed by atoms with Crippen molar-refractivity contribution >= 4 is 27.8 Å². The topological polar surface area (TPSA) is 60.6 Å². The van der Waals surface area contributed by atoms with Crippen LogP contribution in [0.1, 0.15) is 12.5 Å². The van der Waals surface area contributed by atoms with Crippen LogP contribution >= 0.6 is 0 Å². The fourth-order valence-corrected chi connectivity index (χ4v) is 3.11. The van der Waals surface area contributed by atoms with Gasteiger partial charge in [-0.15, -0.1) is 0 Å². The van der Waals surface area contributed by atoms with Crippen molar-refractivity contribution in [3.8, 4) is 0 Å².